The molecular weight excluding hydrogens is 232 g/mol. The molecule has 1 aliphatic rings. The van der Waals surface area contributed by atoms with Crippen LogP contribution in [0.1, 0.15) is 22.8 Å². The number of fused-ring (bicyclic) bond motifs is 1. The van der Waals surface area contributed by atoms with Crippen molar-refractivity contribution in [3.63, 3.8) is 0 Å². The van der Waals surface area contributed by atoms with Crippen LogP contribution in [0.25, 0.3) is 0 Å². The molecule has 0 radical (unpaired) electrons. The van der Waals surface area contributed by atoms with Gasteiger partial charge < -0.3 is 15.4 Å². The minimum absolute atomic E-state index is 0.261. The largest absolute Gasteiger partial charge is 0.467 e. The highest BCUT2D eigenvalue weighted by Gasteiger charge is 2.18. The molecule has 1 amide bonds. The summed E-state index contributed by atoms with van der Waals surface area (Å²) in [7, 11) is 1.30. The molecule has 2 rings (SSSR count). The summed E-state index contributed by atoms with van der Waals surface area (Å²) in [5, 5.41) is 5.83. The van der Waals surface area contributed by atoms with Gasteiger partial charge in [-0.3, -0.25) is 4.79 Å². The number of methoxy groups -OCH3 is 1. The molecule has 2 N–H and O–H groups in total. The number of nitrogens with one attached hydrogen (secondary N) is 2. The molecule has 1 aromatic carbocycles. The number of esters is 1. The van der Waals surface area contributed by atoms with E-state index in [2.05, 4.69) is 15.4 Å². The van der Waals surface area contributed by atoms with E-state index in [9.17, 15) is 9.59 Å². The predicted octanol–water partition coefficient (Wildman–Crippen LogP) is 0.946. The smallest absolute Gasteiger partial charge is 0.328 e. The van der Waals surface area contributed by atoms with Gasteiger partial charge in [0.15, 0.2) is 0 Å². The molecule has 1 heterocycles. The normalized spacial score (nSPS) is 14.3. The second-order valence-electron chi connectivity index (χ2n) is 4.27. The average Bonchev–Trinajstić information content (AvgIpc) is 2.84. The van der Waals surface area contributed by atoms with Gasteiger partial charge in [0.25, 0.3) is 5.91 Å². The Kier molecular flexibility index (Phi) is 3.50. The Bertz CT molecular complexity index is 485. The standard InChI is InChI=1S/C13H16N2O3/c1-8(13(17)18-2)15-12(16)10-3-4-11-9(7-10)5-6-14-11/h3-4,7-8,14H,5-6H2,1-2H3,(H,15,16). The van der Waals surface area contributed by atoms with E-state index in [1.807, 2.05) is 12.1 Å². The molecular formula is C13H16N2O3. The zero-order valence-corrected chi connectivity index (χ0v) is 10.4. The Hall–Kier alpha value is -2.04. The zero-order chi connectivity index (χ0) is 13.1. The Morgan fingerprint density at radius 1 is 1.44 bits per heavy atom. The molecule has 0 bridgehead atoms. The van der Waals surface area contributed by atoms with E-state index in [1.54, 1.807) is 13.0 Å². The molecule has 0 saturated carbocycles. The minimum atomic E-state index is -0.645. The third-order valence-electron chi connectivity index (χ3n) is 2.98. The quantitative estimate of drug-likeness (QED) is 0.781. The number of hydrogen-bond donors (Lipinski definition) is 2. The molecule has 0 aromatic heterocycles. The van der Waals surface area contributed by atoms with Crippen LogP contribution in [0.2, 0.25) is 0 Å². The number of anilines is 1. The van der Waals surface area contributed by atoms with Crippen LogP contribution in [0.3, 0.4) is 0 Å². The lowest BCUT2D eigenvalue weighted by molar-refractivity contribution is -0.142. The van der Waals surface area contributed by atoms with Crippen molar-refractivity contribution in [2.24, 2.45) is 0 Å². The first-order chi connectivity index (χ1) is 8.61. The number of amides is 1. The Morgan fingerprint density at radius 3 is 2.94 bits per heavy atom. The van der Waals surface area contributed by atoms with E-state index in [-0.39, 0.29) is 5.91 Å². The fourth-order valence-corrected chi connectivity index (χ4v) is 1.96. The van der Waals surface area contributed by atoms with E-state index < -0.39 is 12.0 Å². The van der Waals surface area contributed by atoms with E-state index >= 15 is 0 Å². The maximum atomic E-state index is 11.9. The predicted molar refractivity (Wildman–Crippen MR) is 67.6 cm³/mol. The van der Waals surface area contributed by atoms with Crippen LogP contribution in [0.15, 0.2) is 18.2 Å². The van der Waals surface area contributed by atoms with Gasteiger partial charge >= 0.3 is 5.97 Å². The second-order valence-corrected chi connectivity index (χ2v) is 4.27. The summed E-state index contributed by atoms with van der Waals surface area (Å²) in [6, 6.07) is 4.85. The van der Waals surface area contributed by atoms with Crippen molar-refractivity contribution in [2.45, 2.75) is 19.4 Å². The third-order valence-corrected chi connectivity index (χ3v) is 2.98. The van der Waals surface area contributed by atoms with Crippen LogP contribution in [0, 0.1) is 0 Å². The molecule has 5 heteroatoms. The van der Waals surface area contributed by atoms with Crippen LogP contribution in [-0.2, 0) is 16.0 Å². The molecule has 0 saturated heterocycles. The number of benzene rings is 1. The summed E-state index contributed by atoms with van der Waals surface area (Å²) < 4.78 is 4.56. The monoisotopic (exact) mass is 248 g/mol. The van der Waals surface area contributed by atoms with Crippen molar-refractivity contribution in [2.75, 3.05) is 19.0 Å². The minimum Gasteiger partial charge on any atom is -0.467 e. The van der Waals surface area contributed by atoms with Crippen LogP contribution in [-0.4, -0.2) is 31.6 Å². The first-order valence-electron chi connectivity index (χ1n) is 5.87. The molecule has 0 fully saturated rings. The summed E-state index contributed by atoms with van der Waals surface area (Å²) in [4.78, 5) is 23.2. The van der Waals surface area contributed by atoms with Gasteiger partial charge in [-0.25, -0.2) is 4.79 Å². The number of hydrogen-bond acceptors (Lipinski definition) is 4. The van der Waals surface area contributed by atoms with Crippen molar-refractivity contribution in [3.8, 4) is 0 Å². The summed E-state index contributed by atoms with van der Waals surface area (Å²) in [5.41, 5.74) is 2.77. The summed E-state index contributed by atoms with van der Waals surface area (Å²) >= 11 is 0. The SMILES string of the molecule is COC(=O)C(C)NC(=O)c1ccc2c(c1)CCN2. The summed E-state index contributed by atoms with van der Waals surface area (Å²) in [6.45, 7) is 2.50. The van der Waals surface area contributed by atoms with E-state index in [0.29, 0.717) is 5.56 Å². The maximum absolute atomic E-state index is 11.9. The molecule has 0 spiro atoms. The highest BCUT2D eigenvalue weighted by molar-refractivity contribution is 5.97. The molecule has 96 valence electrons. The van der Waals surface area contributed by atoms with E-state index in [1.165, 1.54) is 7.11 Å². The van der Waals surface area contributed by atoms with Gasteiger partial charge in [-0.05, 0) is 37.1 Å². The number of rotatable bonds is 3. The van der Waals surface area contributed by atoms with Crippen molar-refractivity contribution in [1.29, 1.82) is 0 Å². The Balaban J connectivity index is 2.07. The highest BCUT2D eigenvalue weighted by atomic mass is 16.5. The molecule has 5 nitrogen and oxygen atoms in total. The Labute approximate surface area is 106 Å². The summed E-state index contributed by atoms with van der Waals surface area (Å²) in [6.07, 6.45) is 0.920. The maximum Gasteiger partial charge on any atom is 0.328 e. The van der Waals surface area contributed by atoms with Gasteiger partial charge in [0.2, 0.25) is 0 Å². The van der Waals surface area contributed by atoms with E-state index in [4.69, 9.17) is 0 Å². The molecule has 1 aromatic rings. The first-order valence-corrected chi connectivity index (χ1v) is 5.87. The van der Waals surface area contributed by atoms with Gasteiger partial charge in [-0.2, -0.15) is 0 Å². The molecule has 1 unspecified atom stereocenters. The third kappa shape index (κ3) is 2.45. The number of carbonyl (C=O) groups excluding carboxylic acids is 2. The van der Waals surface area contributed by atoms with Gasteiger partial charge in [0, 0.05) is 17.8 Å². The lowest BCUT2D eigenvalue weighted by Gasteiger charge is -2.12. The highest BCUT2D eigenvalue weighted by Crippen LogP contribution is 2.22. The average molecular weight is 248 g/mol. The number of carbonyl (C=O) groups is 2. The molecule has 1 aliphatic heterocycles. The van der Waals surface area contributed by atoms with Gasteiger partial charge in [-0.15, -0.1) is 0 Å². The molecule has 0 aliphatic carbocycles. The van der Waals surface area contributed by atoms with E-state index in [0.717, 1.165) is 24.2 Å². The van der Waals surface area contributed by atoms with Crippen LogP contribution >= 0.6 is 0 Å². The lowest BCUT2D eigenvalue weighted by atomic mass is 10.1. The van der Waals surface area contributed by atoms with Crippen molar-refractivity contribution in [1.82, 2.24) is 5.32 Å². The van der Waals surface area contributed by atoms with Crippen LogP contribution < -0.4 is 10.6 Å². The fraction of sp³-hybridized carbons (Fsp3) is 0.385. The fourth-order valence-electron chi connectivity index (χ4n) is 1.96. The van der Waals surface area contributed by atoms with Crippen molar-refractivity contribution >= 4 is 17.6 Å². The zero-order valence-electron chi connectivity index (χ0n) is 10.4. The molecule has 1 atom stereocenters. The molecule has 18 heavy (non-hydrogen) atoms. The van der Waals surface area contributed by atoms with Gasteiger partial charge in [-0.1, -0.05) is 0 Å². The van der Waals surface area contributed by atoms with Crippen molar-refractivity contribution in [3.05, 3.63) is 29.3 Å². The summed E-state index contributed by atoms with van der Waals surface area (Å²) in [5.74, 6) is -0.714. The Morgan fingerprint density at radius 2 is 2.22 bits per heavy atom. The van der Waals surface area contributed by atoms with Crippen LogP contribution in [0.4, 0.5) is 5.69 Å². The van der Waals surface area contributed by atoms with Gasteiger partial charge in [0.05, 0.1) is 7.11 Å². The first kappa shape index (κ1) is 12.4. The topological polar surface area (TPSA) is 67.4 Å². The van der Waals surface area contributed by atoms with Crippen LogP contribution in [0.5, 0.6) is 0 Å². The van der Waals surface area contributed by atoms with Gasteiger partial charge in [0.1, 0.15) is 6.04 Å². The van der Waals surface area contributed by atoms with Crippen molar-refractivity contribution < 1.29 is 14.3 Å². The second kappa shape index (κ2) is 5.08. The lowest BCUT2D eigenvalue weighted by Crippen LogP contribution is -2.39. The number of ether oxygens (including phenoxy) is 1.